The van der Waals surface area contributed by atoms with Crippen molar-refractivity contribution in [2.45, 2.75) is 84.4 Å². The van der Waals surface area contributed by atoms with Crippen LogP contribution in [-0.2, 0) is 0 Å². The van der Waals surface area contributed by atoms with E-state index in [1.165, 1.54) is 43.1 Å². The van der Waals surface area contributed by atoms with Crippen molar-refractivity contribution in [2.75, 3.05) is 0 Å². The maximum absolute atomic E-state index is 2.31. The summed E-state index contributed by atoms with van der Waals surface area (Å²) in [5.41, 5.74) is 0. The van der Waals surface area contributed by atoms with Crippen LogP contribution in [-0.4, -0.2) is 40.7 Å². The minimum absolute atomic E-state index is 0.389. The molecule has 0 aromatic carbocycles. The lowest BCUT2D eigenvalue weighted by molar-refractivity contribution is 0.851. The molecule has 0 nitrogen and oxygen atoms in total. The predicted octanol–water partition coefficient (Wildman–Crippen LogP) is 5.47. The maximum Gasteiger partial charge on any atom is 0.364 e. The van der Waals surface area contributed by atoms with Crippen molar-refractivity contribution < 1.29 is 0 Å². The van der Waals surface area contributed by atoms with E-state index in [2.05, 4.69) is 27.7 Å². The van der Waals surface area contributed by atoms with Gasteiger partial charge in [0.1, 0.15) is 0 Å². The zero-order valence-electron chi connectivity index (χ0n) is 12.5. The van der Waals surface area contributed by atoms with E-state index in [4.69, 9.17) is 0 Å². The highest BCUT2D eigenvalue weighted by atomic mass is 24.5. The molecule has 0 rings (SSSR count). The van der Waals surface area contributed by atoms with Crippen LogP contribution in [0.1, 0.15) is 66.2 Å². The van der Waals surface area contributed by atoms with Gasteiger partial charge in [0, 0.05) is 0 Å². The third-order valence-electron chi connectivity index (χ3n) is 2.91. The highest BCUT2D eigenvalue weighted by Crippen LogP contribution is 1.99. The number of hydrogen-bond acceptors (Lipinski definition) is 0. The van der Waals surface area contributed by atoms with E-state index in [0.29, 0.717) is 40.7 Å². The van der Waals surface area contributed by atoms with Crippen molar-refractivity contribution in [1.29, 1.82) is 0 Å². The average molecular weight is 249 g/mol. The second-order valence-electron chi connectivity index (χ2n) is 4.83. The third-order valence-corrected chi connectivity index (χ3v) is 6.62. The Morgan fingerprint density at radius 3 is 1.25 bits per heavy atom. The second-order valence-corrected chi connectivity index (χ2v) is 9.36. The third kappa shape index (κ3) is 24.7. The molecule has 0 aromatic heterocycles. The second kappa shape index (κ2) is 21.8. The summed E-state index contributed by atoms with van der Waals surface area (Å²) in [4.78, 5) is 0. The molecule has 0 radical (unpaired) electrons. The summed E-state index contributed by atoms with van der Waals surface area (Å²) in [5, 5.41) is 0. The van der Waals surface area contributed by atoms with E-state index in [9.17, 15) is 0 Å². The molecule has 2 heteroatoms. The zero-order chi connectivity index (χ0) is 12.5. The van der Waals surface area contributed by atoms with Gasteiger partial charge in [0.25, 0.3) is 0 Å². The molecule has 0 saturated heterocycles. The molecule has 0 heterocycles. The lowest BCUT2D eigenvalue weighted by Gasteiger charge is -1.93. The van der Waals surface area contributed by atoms with Crippen molar-refractivity contribution >= 4 is 40.7 Å². The van der Waals surface area contributed by atoms with E-state index >= 15 is 0 Å². The van der Waals surface area contributed by atoms with Crippen molar-refractivity contribution in [1.82, 2.24) is 0 Å². The summed E-state index contributed by atoms with van der Waals surface area (Å²) in [5.74, 6) is 0. The molecular formula is C14H32Mg2. The van der Waals surface area contributed by atoms with Crippen LogP contribution in [0.5, 0.6) is 0 Å². The molecule has 0 aromatic rings. The summed E-state index contributed by atoms with van der Waals surface area (Å²) < 4.78 is 6.26. The monoisotopic (exact) mass is 248 g/mol. The van der Waals surface area contributed by atoms with Gasteiger partial charge in [0.15, 0.2) is 0 Å². The molecule has 0 aliphatic carbocycles. The lowest BCUT2D eigenvalue weighted by Crippen LogP contribution is -1.87. The lowest BCUT2D eigenvalue weighted by atomic mass is 10.4. The van der Waals surface area contributed by atoms with E-state index in [-0.39, 0.29) is 0 Å². The Hall–Kier alpha value is 1.53. The fraction of sp³-hybridized carbons (Fsp3) is 1.00. The molecule has 16 heavy (non-hydrogen) atoms. The molecule has 92 valence electrons. The fourth-order valence-electron chi connectivity index (χ4n) is 1.71. The van der Waals surface area contributed by atoms with Crippen molar-refractivity contribution in [2.24, 2.45) is 0 Å². The zero-order valence-corrected chi connectivity index (χ0v) is 15.3. The summed E-state index contributed by atoms with van der Waals surface area (Å²) in [6.07, 6.45) is 8.68. The molecule has 0 saturated carbocycles. The van der Waals surface area contributed by atoms with Gasteiger partial charge >= 0.3 is 40.7 Å². The quantitative estimate of drug-likeness (QED) is 0.355. The van der Waals surface area contributed by atoms with Gasteiger partial charge in [-0.2, -0.15) is 0 Å². The molecular weight excluding hydrogens is 217 g/mol. The minimum atomic E-state index is 0.389. The number of rotatable bonds is 10. The molecule has 0 amide bonds. The summed E-state index contributed by atoms with van der Waals surface area (Å²) in [6.45, 7) is 9.15. The van der Waals surface area contributed by atoms with Crippen LogP contribution in [0, 0.1) is 0 Å². The Morgan fingerprint density at radius 1 is 0.562 bits per heavy atom. The normalized spacial score (nSPS) is 8.75. The molecule has 0 aliphatic heterocycles. The van der Waals surface area contributed by atoms with Crippen LogP contribution in [0.3, 0.4) is 0 Å². The van der Waals surface area contributed by atoms with Crippen LogP contribution < -0.4 is 0 Å². The number of unbranched alkanes of at least 4 members (excludes halogenated alkanes) is 3. The number of hydrogen-bond donors (Lipinski definition) is 0. The standard InChI is InChI=1S/3C4H9.C2H5.2Mg/c3*1-3-4-2;1-2;;/h3*1,3-4H2,2H3;1H2,2H3;;. The largest absolute Gasteiger partial charge is 0.364 e. The summed E-state index contributed by atoms with van der Waals surface area (Å²) >= 11 is 0.800. The highest BCUT2D eigenvalue weighted by molar-refractivity contribution is 6.35. The van der Waals surface area contributed by atoms with Crippen LogP contribution in [0.4, 0.5) is 0 Å². The topological polar surface area (TPSA) is 0 Å². The maximum atomic E-state index is 2.31. The Bertz CT molecular complexity index is 84.7. The van der Waals surface area contributed by atoms with Gasteiger partial charge in [0.2, 0.25) is 0 Å². The predicted molar refractivity (Wildman–Crippen MR) is 81.1 cm³/mol. The van der Waals surface area contributed by atoms with Crippen LogP contribution >= 0.6 is 0 Å². The van der Waals surface area contributed by atoms with E-state index in [0.717, 1.165) is 0 Å². The van der Waals surface area contributed by atoms with Gasteiger partial charge in [-0.3, -0.25) is 0 Å². The Morgan fingerprint density at radius 2 is 0.938 bits per heavy atom. The van der Waals surface area contributed by atoms with Crippen LogP contribution in [0.2, 0.25) is 18.2 Å². The Kier molecular flexibility index (Phi) is 27.0. The van der Waals surface area contributed by atoms with Gasteiger partial charge < -0.3 is 0 Å². The van der Waals surface area contributed by atoms with Gasteiger partial charge in [-0.05, 0) is 0 Å². The van der Waals surface area contributed by atoms with Gasteiger partial charge in [-0.25, -0.2) is 0 Å². The molecule has 0 atom stereocenters. The first-order valence-electron chi connectivity index (χ1n) is 7.83. The fourth-order valence-corrected chi connectivity index (χ4v) is 5.12. The molecule has 0 spiro atoms. The SMILES string of the molecule is CCC[CH2][Mg][CH2]C.CCC[CH2][Mg][CH2]CCC. The van der Waals surface area contributed by atoms with Crippen LogP contribution in [0.15, 0.2) is 0 Å². The first-order valence-corrected chi connectivity index (χ1v) is 11.8. The van der Waals surface area contributed by atoms with Crippen molar-refractivity contribution in [3.05, 3.63) is 0 Å². The van der Waals surface area contributed by atoms with Gasteiger partial charge in [-0.1, -0.05) is 66.2 Å². The molecule has 0 fully saturated rings. The van der Waals surface area contributed by atoms with E-state index in [1.54, 1.807) is 13.7 Å². The van der Waals surface area contributed by atoms with Gasteiger partial charge in [0.05, 0.1) is 0 Å². The molecule has 0 unspecified atom stereocenters. The van der Waals surface area contributed by atoms with Gasteiger partial charge in [-0.15, -0.1) is 18.2 Å². The van der Waals surface area contributed by atoms with E-state index in [1.807, 2.05) is 0 Å². The Balaban J connectivity index is 0. The first-order chi connectivity index (χ1) is 7.83. The summed E-state index contributed by atoms with van der Waals surface area (Å²) in [6, 6.07) is 0. The molecule has 0 bridgehead atoms. The summed E-state index contributed by atoms with van der Waals surface area (Å²) in [7, 11) is 0. The van der Waals surface area contributed by atoms with Crippen molar-refractivity contribution in [3.8, 4) is 0 Å². The van der Waals surface area contributed by atoms with E-state index < -0.39 is 0 Å². The molecule has 0 aliphatic rings. The minimum Gasteiger partial charge on any atom is -0.149 e. The average Bonchev–Trinajstić information content (AvgIpc) is 2.31. The van der Waals surface area contributed by atoms with Crippen molar-refractivity contribution in [3.63, 3.8) is 0 Å². The highest BCUT2D eigenvalue weighted by Gasteiger charge is 1.92. The molecule has 0 N–H and O–H groups in total. The first kappa shape index (κ1) is 19.9. The Labute approximate surface area is 124 Å². The van der Waals surface area contributed by atoms with Crippen LogP contribution in [0.25, 0.3) is 0 Å². The smallest absolute Gasteiger partial charge is 0.149 e.